The summed E-state index contributed by atoms with van der Waals surface area (Å²) in [7, 11) is 0. The van der Waals surface area contributed by atoms with Crippen molar-refractivity contribution in [1.82, 2.24) is 20.4 Å². The number of hydrogen-bond acceptors (Lipinski definition) is 4. The van der Waals surface area contributed by atoms with Crippen LogP contribution in [0.1, 0.15) is 19.8 Å². The first-order valence-corrected chi connectivity index (χ1v) is 7.26. The van der Waals surface area contributed by atoms with Crippen molar-refractivity contribution < 1.29 is 14.7 Å². The lowest BCUT2D eigenvalue weighted by atomic mass is 10.00. The lowest BCUT2D eigenvalue weighted by Gasteiger charge is -2.32. The average molecular weight is 284 g/mol. The fraction of sp³-hybridized carbons (Fsp3) is 0.846. The van der Waals surface area contributed by atoms with E-state index >= 15 is 0 Å². The van der Waals surface area contributed by atoms with E-state index in [0.29, 0.717) is 19.5 Å². The van der Waals surface area contributed by atoms with Crippen molar-refractivity contribution in [1.29, 1.82) is 0 Å². The molecule has 3 N–H and O–H groups in total. The number of carbonyl (C=O) groups is 2. The summed E-state index contributed by atoms with van der Waals surface area (Å²) >= 11 is 0. The first-order valence-electron chi connectivity index (χ1n) is 7.26. The van der Waals surface area contributed by atoms with Gasteiger partial charge in [-0.1, -0.05) is 0 Å². The van der Waals surface area contributed by atoms with Gasteiger partial charge in [-0.3, -0.25) is 4.90 Å². The molecule has 2 saturated heterocycles. The molecule has 2 heterocycles. The van der Waals surface area contributed by atoms with Crippen LogP contribution in [0.25, 0.3) is 0 Å². The molecule has 0 aromatic carbocycles. The SMILES string of the molecule is CC1(C(=O)O)CCCN1C(=O)NCCN1CCNCC1. The van der Waals surface area contributed by atoms with Crippen LogP contribution < -0.4 is 10.6 Å². The second-order valence-corrected chi connectivity index (χ2v) is 5.66. The van der Waals surface area contributed by atoms with Gasteiger partial charge >= 0.3 is 12.0 Å². The minimum absolute atomic E-state index is 0.262. The zero-order valence-corrected chi connectivity index (χ0v) is 12.0. The molecule has 1 atom stereocenters. The first-order chi connectivity index (χ1) is 9.54. The summed E-state index contributed by atoms with van der Waals surface area (Å²) in [4.78, 5) is 27.2. The topological polar surface area (TPSA) is 84.9 Å². The van der Waals surface area contributed by atoms with Gasteiger partial charge in [-0.05, 0) is 19.8 Å². The number of aliphatic carboxylic acids is 1. The zero-order valence-electron chi connectivity index (χ0n) is 12.0. The van der Waals surface area contributed by atoms with E-state index < -0.39 is 11.5 Å². The highest BCUT2D eigenvalue weighted by atomic mass is 16.4. The monoisotopic (exact) mass is 284 g/mol. The van der Waals surface area contributed by atoms with Gasteiger partial charge in [0.1, 0.15) is 5.54 Å². The Balaban J connectivity index is 1.78. The van der Waals surface area contributed by atoms with E-state index in [1.807, 2.05) is 0 Å². The standard InChI is InChI=1S/C13H24N4O3/c1-13(11(18)19)3-2-7-17(13)12(20)15-6-10-16-8-4-14-5-9-16/h14H,2-10H2,1H3,(H,15,20)(H,18,19). The Morgan fingerprint density at radius 2 is 2.00 bits per heavy atom. The van der Waals surface area contributed by atoms with Crippen LogP contribution in [0.5, 0.6) is 0 Å². The van der Waals surface area contributed by atoms with Crippen molar-refractivity contribution in [3.8, 4) is 0 Å². The molecule has 1 unspecified atom stereocenters. The summed E-state index contributed by atoms with van der Waals surface area (Å²) < 4.78 is 0. The molecule has 0 saturated carbocycles. The maximum atomic E-state index is 12.1. The molecule has 2 fully saturated rings. The van der Waals surface area contributed by atoms with Crippen molar-refractivity contribution >= 4 is 12.0 Å². The lowest BCUT2D eigenvalue weighted by molar-refractivity contribution is -0.147. The maximum absolute atomic E-state index is 12.1. The average Bonchev–Trinajstić information content (AvgIpc) is 2.83. The largest absolute Gasteiger partial charge is 0.480 e. The van der Waals surface area contributed by atoms with Crippen LogP contribution in [0.3, 0.4) is 0 Å². The smallest absolute Gasteiger partial charge is 0.329 e. The third kappa shape index (κ3) is 3.21. The van der Waals surface area contributed by atoms with Gasteiger partial charge in [0.05, 0.1) is 0 Å². The fourth-order valence-electron chi connectivity index (χ4n) is 2.86. The third-order valence-electron chi connectivity index (χ3n) is 4.26. The van der Waals surface area contributed by atoms with Gasteiger partial charge in [0.25, 0.3) is 0 Å². The van der Waals surface area contributed by atoms with Crippen LogP contribution in [0.4, 0.5) is 4.79 Å². The number of nitrogens with zero attached hydrogens (tertiary/aromatic N) is 2. The van der Waals surface area contributed by atoms with Gasteiger partial charge in [0.2, 0.25) is 0 Å². The van der Waals surface area contributed by atoms with Crippen molar-refractivity contribution in [2.75, 3.05) is 45.8 Å². The highest BCUT2D eigenvalue weighted by Crippen LogP contribution is 2.28. The Labute approximate surface area is 119 Å². The fourth-order valence-corrected chi connectivity index (χ4v) is 2.86. The number of piperazine rings is 1. The quantitative estimate of drug-likeness (QED) is 0.650. The molecule has 0 radical (unpaired) electrons. The summed E-state index contributed by atoms with van der Waals surface area (Å²) in [6.07, 6.45) is 1.27. The van der Waals surface area contributed by atoms with E-state index in [1.165, 1.54) is 4.90 Å². The van der Waals surface area contributed by atoms with Gasteiger partial charge in [-0.25, -0.2) is 9.59 Å². The molecule has 2 rings (SSSR count). The molecule has 0 spiro atoms. The number of likely N-dealkylation sites (tertiary alicyclic amines) is 1. The molecule has 0 aromatic rings. The van der Waals surface area contributed by atoms with Gasteiger partial charge in [0.15, 0.2) is 0 Å². The number of amides is 2. The minimum Gasteiger partial charge on any atom is -0.480 e. The number of hydrogen-bond donors (Lipinski definition) is 3. The highest BCUT2D eigenvalue weighted by Gasteiger charge is 2.45. The van der Waals surface area contributed by atoms with E-state index in [4.69, 9.17) is 0 Å². The van der Waals surface area contributed by atoms with E-state index in [1.54, 1.807) is 6.92 Å². The van der Waals surface area contributed by atoms with Crippen LogP contribution in [0, 0.1) is 0 Å². The predicted molar refractivity (Wildman–Crippen MR) is 74.7 cm³/mol. The first kappa shape index (κ1) is 15.1. The molecule has 0 bridgehead atoms. The molecule has 114 valence electrons. The summed E-state index contributed by atoms with van der Waals surface area (Å²) in [5.41, 5.74) is -1.06. The second kappa shape index (κ2) is 6.41. The van der Waals surface area contributed by atoms with Crippen LogP contribution in [0.2, 0.25) is 0 Å². The van der Waals surface area contributed by atoms with Crippen molar-refractivity contribution in [2.45, 2.75) is 25.3 Å². The Kier molecular flexibility index (Phi) is 4.82. The molecule has 7 heteroatoms. The molecule has 0 aromatic heterocycles. The number of urea groups is 1. The van der Waals surface area contributed by atoms with E-state index in [2.05, 4.69) is 15.5 Å². The van der Waals surface area contributed by atoms with Crippen molar-refractivity contribution in [2.24, 2.45) is 0 Å². The molecular formula is C13H24N4O3. The predicted octanol–water partition coefficient (Wildman–Crippen LogP) is -0.460. The summed E-state index contributed by atoms with van der Waals surface area (Å²) in [6.45, 7) is 7.46. The Morgan fingerprint density at radius 1 is 1.30 bits per heavy atom. The number of rotatable bonds is 4. The number of carboxylic acids is 1. The van der Waals surface area contributed by atoms with Crippen LogP contribution >= 0.6 is 0 Å². The number of nitrogens with one attached hydrogen (secondary N) is 2. The molecule has 2 amide bonds. The molecule has 20 heavy (non-hydrogen) atoms. The molecular weight excluding hydrogens is 260 g/mol. The maximum Gasteiger partial charge on any atom is 0.329 e. The number of carbonyl (C=O) groups excluding carboxylic acids is 1. The molecule has 2 aliphatic rings. The van der Waals surface area contributed by atoms with E-state index in [-0.39, 0.29) is 6.03 Å². The van der Waals surface area contributed by atoms with E-state index in [9.17, 15) is 14.7 Å². The Bertz CT molecular complexity index is 371. The summed E-state index contributed by atoms with van der Waals surface area (Å²) in [6, 6.07) is -0.262. The van der Waals surface area contributed by atoms with Gasteiger partial charge in [-0.15, -0.1) is 0 Å². The molecule has 7 nitrogen and oxygen atoms in total. The van der Waals surface area contributed by atoms with Crippen LogP contribution in [0.15, 0.2) is 0 Å². The summed E-state index contributed by atoms with van der Waals surface area (Å²) in [5, 5.41) is 15.4. The van der Waals surface area contributed by atoms with Crippen molar-refractivity contribution in [3.63, 3.8) is 0 Å². The van der Waals surface area contributed by atoms with Crippen LogP contribution in [-0.2, 0) is 4.79 Å². The van der Waals surface area contributed by atoms with Gasteiger partial charge in [0, 0.05) is 45.8 Å². The lowest BCUT2D eigenvalue weighted by Crippen LogP contribution is -2.55. The van der Waals surface area contributed by atoms with Gasteiger partial charge in [-0.2, -0.15) is 0 Å². The Hall–Kier alpha value is -1.34. The van der Waals surface area contributed by atoms with Crippen molar-refractivity contribution in [3.05, 3.63) is 0 Å². The minimum atomic E-state index is -1.06. The highest BCUT2D eigenvalue weighted by molar-refractivity contribution is 5.86. The normalized spacial score (nSPS) is 27.6. The number of carboxylic acid groups (broad SMARTS) is 1. The molecule has 0 aliphatic carbocycles. The second-order valence-electron chi connectivity index (χ2n) is 5.66. The van der Waals surface area contributed by atoms with Gasteiger partial charge < -0.3 is 20.6 Å². The summed E-state index contributed by atoms with van der Waals surface area (Å²) in [5.74, 6) is -0.924. The molecule has 2 aliphatic heterocycles. The third-order valence-corrected chi connectivity index (χ3v) is 4.26. The van der Waals surface area contributed by atoms with E-state index in [0.717, 1.165) is 39.1 Å². The zero-order chi connectivity index (χ0) is 14.6. The van der Waals surface area contributed by atoms with Crippen LogP contribution in [-0.4, -0.2) is 78.3 Å². The Morgan fingerprint density at radius 3 is 2.65 bits per heavy atom.